The molecule has 0 aliphatic carbocycles. The highest BCUT2D eigenvalue weighted by Gasteiger charge is 2.24. The van der Waals surface area contributed by atoms with Gasteiger partial charge in [0, 0.05) is 11.5 Å². The topological polar surface area (TPSA) is 58.9 Å². The van der Waals surface area contributed by atoms with Gasteiger partial charge in [-0.25, -0.2) is 0 Å². The number of ether oxygens (including phenoxy) is 2. The molecule has 0 amide bonds. The first-order valence-electron chi connectivity index (χ1n) is 5.51. The number of rotatable bonds is 6. The van der Waals surface area contributed by atoms with E-state index < -0.39 is 5.41 Å². The summed E-state index contributed by atoms with van der Waals surface area (Å²) in [5.41, 5.74) is 0.404. The number of benzene rings is 1. The molecule has 1 aromatic rings. The predicted molar refractivity (Wildman–Crippen MR) is 65.5 cm³/mol. The van der Waals surface area contributed by atoms with Gasteiger partial charge in [0.25, 0.3) is 0 Å². The SMILES string of the molecule is COc1ccc(CC(C)(CO)CO)c(OC)c1. The van der Waals surface area contributed by atoms with E-state index in [4.69, 9.17) is 9.47 Å². The third-order valence-corrected chi connectivity index (χ3v) is 2.87. The fourth-order valence-corrected chi connectivity index (χ4v) is 1.62. The minimum atomic E-state index is -0.540. The average Bonchev–Trinajstić information content (AvgIpc) is 2.39. The molecule has 0 spiro atoms. The quantitative estimate of drug-likeness (QED) is 0.785. The predicted octanol–water partition coefficient (Wildman–Crippen LogP) is 1.24. The Kier molecular flexibility index (Phi) is 4.78. The minimum Gasteiger partial charge on any atom is -0.497 e. The molecule has 96 valence electrons. The first-order chi connectivity index (χ1) is 8.08. The van der Waals surface area contributed by atoms with Gasteiger partial charge in [-0.3, -0.25) is 0 Å². The normalized spacial score (nSPS) is 11.4. The summed E-state index contributed by atoms with van der Waals surface area (Å²) >= 11 is 0. The van der Waals surface area contributed by atoms with Crippen LogP contribution in [0.2, 0.25) is 0 Å². The summed E-state index contributed by atoms with van der Waals surface area (Å²) in [7, 11) is 3.19. The number of aliphatic hydroxyl groups is 2. The maximum atomic E-state index is 9.29. The lowest BCUT2D eigenvalue weighted by atomic mass is 9.85. The van der Waals surface area contributed by atoms with Gasteiger partial charge in [0.05, 0.1) is 27.4 Å². The van der Waals surface area contributed by atoms with Crippen molar-refractivity contribution in [2.75, 3.05) is 27.4 Å². The van der Waals surface area contributed by atoms with Crippen molar-refractivity contribution >= 4 is 0 Å². The van der Waals surface area contributed by atoms with Gasteiger partial charge in [-0.1, -0.05) is 13.0 Å². The van der Waals surface area contributed by atoms with Crippen molar-refractivity contribution in [3.63, 3.8) is 0 Å². The Morgan fingerprint density at radius 3 is 2.24 bits per heavy atom. The Hall–Kier alpha value is -1.26. The van der Waals surface area contributed by atoms with Gasteiger partial charge in [-0.15, -0.1) is 0 Å². The standard InChI is InChI=1S/C13H20O4/c1-13(8-14,9-15)7-10-4-5-11(16-2)6-12(10)17-3/h4-6,14-15H,7-9H2,1-3H3. The van der Waals surface area contributed by atoms with E-state index in [0.29, 0.717) is 12.2 Å². The van der Waals surface area contributed by atoms with Crippen molar-refractivity contribution in [2.24, 2.45) is 5.41 Å². The van der Waals surface area contributed by atoms with E-state index in [1.807, 2.05) is 19.1 Å². The second kappa shape index (κ2) is 5.89. The molecule has 17 heavy (non-hydrogen) atoms. The summed E-state index contributed by atoms with van der Waals surface area (Å²) in [6.07, 6.45) is 0.549. The molecule has 4 nitrogen and oxygen atoms in total. The molecular formula is C13H20O4. The van der Waals surface area contributed by atoms with E-state index in [2.05, 4.69) is 0 Å². The van der Waals surface area contributed by atoms with Crippen LogP contribution in [0.5, 0.6) is 11.5 Å². The van der Waals surface area contributed by atoms with Crippen LogP contribution in [0.4, 0.5) is 0 Å². The molecule has 0 unspecified atom stereocenters. The molecule has 0 fully saturated rings. The largest absolute Gasteiger partial charge is 0.497 e. The van der Waals surface area contributed by atoms with E-state index >= 15 is 0 Å². The number of methoxy groups -OCH3 is 2. The summed E-state index contributed by atoms with van der Waals surface area (Å²) in [5, 5.41) is 18.6. The highest BCUT2D eigenvalue weighted by Crippen LogP contribution is 2.30. The molecule has 2 N–H and O–H groups in total. The zero-order chi connectivity index (χ0) is 12.9. The molecule has 0 radical (unpaired) electrons. The smallest absolute Gasteiger partial charge is 0.125 e. The molecule has 0 aliphatic rings. The Bertz CT molecular complexity index is 358. The highest BCUT2D eigenvalue weighted by molar-refractivity contribution is 5.41. The van der Waals surface area contributed by atoms with Gasteiger partial charge < -0.3 is 19.7 Å². The van der Waals surface area contributed by atoms with Crippen molar-refractivity contribution < 1.29 is 19.7 Å². The van der Waals surface area contributed by atoms with E-state index in [1.165, 1.54) is 0 Å². The fraction of sp³-hybridized carbons (Fsp3) is 0.538. The second-order valence-electron chi connectivity index (χ2n) is 4.48. The van der Waals surface area contributed by atoms with Crippen molar-refractivity contribution in [1.29, 1.82) is 0 Å². The number of aliphatic hydroxyl groups excluding tert-OH is 2. The highest BCUT2D eigenvalue weighted by atomic mass is 16.5. The third kappa shape index (κ3) is 3.35. The lowest BCUT2D eigenvalue weighted by molar-refractivity contribution is 0.0699. The Morgan fingerprint density at radius 1 is 1.12 bits per heavy atom. The van der Waals surface area contributed by atoms with Crippen LogP contribution in [0.15, 0.2) is 18.2 Å². The van der Waals surface area contributed by atoms with Gasteiger partial charge in [0.2, 0.25) is 0 Å². The lowest BCUT2D eigenvalue weighted by Crippen LogP contribution is -2.28. The van der Waals surface area contributed by atoms with Gasteiger partial charge >= 0.3 is 0 Å². The lowest BCUT2D eigenvalue weighted by Gasteiger charge is -2.25. The second-order valence-corrected chi connectivity index (χ2v) is 4.48. The van der Waals surface area contributed by atoms with E-state index in [-0.39, 0.29) is 13.2 Å². The summed E-state index contributed by atoms with van der Waals surface area (Å²) < 4.78 is 10.4. The van der Waals surface area contributed by atoms with E-state index in [0.717, 1.165) is 11.3 Å². The zero-order valence-electron chi connectivity index (χ0n) is 10.6. The van der Waals surface area contributed by atoms with Crippen molar-refractivity contribution in [3.8, 4) is 11.5 Å². The molecule has 0 aliphatic heterocycles. The Morgan fingerprint density at radius 2 is 1.76 bits per heavy atom. The number of hydrogen-bond donors (Lipinski definition) is 2. The van der Waals surface area contributed by atoms with Crippen LogP contribution in [0.1, 0.15) is 12.5 Å². The molecule has 0 saturated heterocycles. The van der Waals surface area contributed by atoms with Crippen molar-refractivity contribution in [2.45, 2.75) is 13.3 Å². The summed E-state index contributed by atoms with van der Waals surface area (Å²) in [6, 6.07) is 5.53. The zero-order valence-corrected chi connectivity index (χ0v) is 10.6. The molecule has 0 atom stereocenters. The monoisotopic (exact) mass is 240 g/mol. The van der Waals surface area contributed by atoms with Crippen LogP contribution in [-0.2, 0) is 6.42 Å². The maximum absolute atomic E-state index is 9.29. The maximum Gasteiger partial charge on any atom is 0.125 e. The van der Waals surface area contributed by atoms with Crippen LogP contribution in [0.25, 0.3) is 0 Å². The van der Waals surface area contributed by atoms with Gasteiger partial charge in [0.15, 0.2) is 0 Å². The van der Waals surface area contributed by atoms with Crippen molar-refractivity contribution in [1.82, 2.24) is 0 Å². The van der Waals surface area contributed by atoms with Crippen LogP contribution in [0.3, 0.4) is 0 Å². The molecule has 1 rings (SSSR count). The summed E-state index contributed by atoms with van der Waals surface area (Å²) in [6.45, 7) is 1.69. The summed E-state index contributed by atoms with van der Waals surface area (Å²) in [4.78, 5) is 0. The average molecular weight is 240 g/mol. The van der Waals surface area contributed by atoms with Crippen molar-refractivity contribution in [3.05, 3.63) is 23.8 Å². The Balaban J connectivity index is 2.98. The van der Waals surface area contributed by atoms with Crippen LogP contribution in [-0.4, -0.2) is 37.6 Å². The molecule has 4 heteroatoms. The van der Waals surface area contributed by atoms with Gasteiger partial charge in [0.1, 0.15) is 11.5 Å². The van der Waals surface area contributed by atoms with Crippen LogP contribution in [0, 0.1) is 5.41 Å². The Labute approximate surface area is 102 Å². The molecule has 0 heterocycles. The fourth-order valence-electron chi connectivity index (χ4n) is 1.62. The first-order valence-corrected chi connectivity index (χ1v) is 5.51. The minimum absolute atomic E-state index is 0.0708. The molecule has 0 aromatic heterocycles. The molecule has 1 aromatic carbocycles. The van der Waals surface area contributed by atoms with E-state index in [1.54, 1.807) is 20.3 Å². The molecule has 0 saturated carbocycles. The van der Waals surface area contributed by atoms with Gasteiger partial charge in [-0.05, 0) is 18.1 Å². The molecule has 0 bridgehead atoms. The van der Waals surface area contributed by atoms with Crippen LogP contribution >= 0.6 is 0 Å². The molecular weight excluding hydrogens is 220 g/mol. The van der Waals surface area contributed by atoms with Crippen LogP contribution < -0.4 is 9.47 Å². The van der Waals surface area contributed by atoms with E-state index in [9.17, 15) is 10.2 Å². The summed E-state index contributed by atoms with van der Waals surface area (Å²) in [5.74, 6) is 1.43. The number of hydrogen-bond acceptors (Lipinski definition) is 4. The first kappa shape index (κ1) is 13.8. The van der Waals surface area contributed by atoms with Gasteiger partial charge in [-0.2, -0.15) is 0 Å². The third-order valence-electron chi connectivity index (χ3n) is 2.87.